The molecule has 4 N–H and O–H groups in total. The first-order valence-electron chi connectivity index (χ1n) is 5.79. The van der Waals surface area contributed by atoms with E-state index in [-0.39, 0.29) is 10.8 Å². The molecule has 1 aromatic rings. The van der Waals surface area contributed by atoms with Crippen molar-refractivity contribution < 1.29 is 8.42 Å². The summed E-state index contributed by atoms with van der Waals surface area (Å²) in [4.78, 5) is 4.04. The molecule has 19 heavy (non-hydrogen) atoms. The van der Waals surface area contributed by atoms with E-state index in [0.29, 0.717) is 22.9 Å². The molecule has 1 aliphatic rings. The van der Waals surface area contributed by atoms with E-state index in [1.54, 1.807) is 6.07 Å². The van der Waals surface area contributed by atoms with Crippen LogP contribution in [0.3, 0.4) is 0 Å². The Balaban J connectivity index is 1.78. The van der Waals surface area contributed by atoms with Crippen molar-refractivity contribution in [3.05, 3.63) is 16.5 Å². The summed E-state index contributed by atoms with van der Waals surface area (Å²) in [5.41, 5.74) is 5.63. The van der Waals surface area contributed by atoms with Crippen molar-refractivity contribution in [1.82, 2.24) is 10.0 Å². The third kappa shape index (κ3) is 4.64. The van der Waals surface area contributed by atoms with E-state index in [1.165, 1.54) is 6.07 Å². The van der Waals surface area contributed by atoms with E-state index in [4.69, 9.17) is 17.3 Å². The molecular weight excluding hydrogens is 308 g/mol. The predicted molar refractivity (Wildman–Crippen MR) is 77.2 cm³/mol. The van der Waals surface area contributed by atoms with Gasteiger partial charge in [-0.25, -0.2) is 13.1 Å². The normalized spacial score (nSPS) is 16.6. The van der Waals surface area contributed by atoms with Crippen molar-refractivity contribution in [2.75, 3.05) is 13.1 Å². The van der Waals surface area contributed by atoms with Gasteiger partial charge in [-0.05, 0) is 25.0 Å². The SMILES string of the molecule is NC(=NCCNS(=O)(=O)c1ccc(Cl)s1)NC1CC1. The van der Waals surface area contributed by atoms with Crippen LogP contribution in [0.4, 0.5) is 0 Å². The molecule has 0 aromatic carbocycles. The second kappa shape index (κ2) is 6.08. The Labute approximate surface area is 121 Å². The molecular formula is C10H15ClN4O2S2. The van der Waals surface area contributed by atoms with E-state index in [1.807, 2.05) is 0 Å². The summed E-state index contributed by atoms with van der Waals surface area (Å²) in [5.74, 6) is 0.362. The van der Waals surface area contributed by atoms with Crippen molar-refractivity contribution in [3.8, 4) is 0 Å². The maximum absolute atomic E-state index is 11.8. The van der Waals surface area contributed by atoms with Crippen LogP contribution in [0, 0.1) is 0 Å². The van der Waals surface area contributed by atoms with Crippen molar-refractivity contribution in [3.63, 3.8) is 0 Å². The molecule has 9 heteroatoms. The second-order valence-corrected chi connectivity index (χ2v) is 7.85. The number of guanidine groups is 1. The molecule has 0 unspecified atom stereocenters. The van der Waals surface area contributed by atoms with Crippen LogP contribution < -0.4 is 15.8 Å². The average molecular weight is 323 g/mol. The maximum Gasteiger partial charge on any atom is 0.250 e. The highest BCUT2D eigenvalue weighted by Gasteiger charge is 2.21. The summed E-state index contributed by atoms with van der Waals surface area (Å²) in [6, 6.07) is 3.46. The fourth-order valence-corrected chi connectivity index (χ4v) is 3.90. The highest BCUT2D eigenvalue weighted by molar-refractivity contribution is 7.91. The van der Waals surface area contributed by atoms with Gasteiger partial charge in [-0.15, -0.1) is 11.3 Å². The monoisotopic (exact) mass is 322 g/mol. The molecule has 1 aromatic heterocycles. The molecule has 106 valence electrons. The number of nitrogens with two attached hydrogens (primary N) is 1. The number of nitrogens with zero attached hydrogens (tertiary/aromatic N) is 1. The molecule has 2 rings (SSSR count). The van der Waals surface area contributed by atoms with E-state index in [9.17, 15) is 8.42 Å². The number of aliphatic imine (C=N–C) groups is 1. The highest BCUT2D eigenvalue weighted by Crippen LogP contribution is 2.25. The fourth-order valence-electron chi connectivity index (χ4n) is 1.35. The van der Waals surface area contributed by atoms with Gasteiger partial charge in [0.1, 0.15) is 4.21 Å². The Morgan fingerprint density at radius 2 is 2.26 bits per heavy atom. The van der Waals surface area contributed by atoms with Crippen LogP contribution in [0.2, 0.25) is 4.34 Å². The summed E-state index contributed by atoms with van der Waals surface area (Å²) in [7, 11) is -3.49. The van der Waals surface area contributed by atoms with Crippen LogP contribution in [-0.2, 0) is 10.0 Å². The lowest BCUT2D eigenvalue weighted by atomic mass is 10.6. The lowest BCUT2D eigenvalue weighted by Crippen LogP contribution is -2.34. The molecule has 0 atom stereocenters. The third-order valence-corrected chi connectivity index (χ3v) is 5.61. The average Bonchev–Trinajstić information content (AvgIpc) is 3.03. The Kier molecular flexibility index (Phi) is 4.67. The summed E-state index contributed by atoms with van der Waals surface area (Å²) in [5, 5.41) is 3.02. The van der Waals surface area contributed by atoms with Gasteiger partial charge < -0.3 is 11.1 Å². The number of thiophene rings is 1. The highest BCUT2D eigenvalue weighted by atomic mass is 35.5. The first kappa shape index (κ1) is 14.6. The molecule has 1 saturated carbocycles. The zero-order chi connectivity index (χ0) is 13.9. The van der Waals surface area contributed by atoms with E-state index in [2.05, 4.69) is 15.0 Å². The van der Waals surface area contributed by atoms with Crippen LogP contribution in [0.5, 0.6) is 0 Å². The van der Waals surface area contributed by atoms with Gasteiger partial charge in [0.25, 0.3) is 0 Å². The summed E-state index contributed by atoms with van der Waals surface area (Å²) < 4.78 is 26.7. The maximum atomic E-state index is 11.8. The van der Waals surface area contributed by atoms with Gasteiger partial charge in [-0.3, -0.25) is 4.99 Å². The molecule has 1 aliphatic carbocycles. The van der Waals surface area contributed by atoms with E-state index < -0.39 is 10.0 Å². The van der Waals surface area contributed by atoms with E-state index in [0.717, 1.165) is 24.2 Å². The van der Waals surface area contributed by atoms with Crippen LogP contribution in [0.25, 0.3) is 0 Å². The zero-order valence-electron chi connectivity index (χ0n) is 10.1. The van der Waals surface area contributed by atoms with Crippen LogP contribution in [0.15, 0.2) is 21.3 Å². The Hall–Kier alpha value is -0.830. The molecule has 6 nitrogen and oxygen atoms in total. The molecule has 0 spiro atoms. The smallest absolute Gasteiger partial charge is 0.250 e. The molecule has 1 fully saturated rings. The predicted octanol–water partition coefficient (Wildman–Crippen LogP) is 0.747. The second-order valence-electron chi connectivity index (χ2n) is 4.14. The van der Waals surface area contributed by atoms with Gasteiger partial charge in [-0.1, -0.05) is 11.6 Å². The summed E-state index contributed by atoms with van der Waals surface area (Å²) in [6.45, 7) is 0.495. The quantitative estimate of drug-likeness (QED) is 0.409. The van der Waals surface area contributed by atoms with Crippen LogP contribution in [-0.4, -0.2) is 33.5 Å². The zero-order valence-corrected chi connectivity index (χ0v) is 12.5. The van der Waals surface area contributed by atoms with Gasteiger partial charge in [0.05, 0.1) is 10.9 Å². The van der Waals surface area contributed by atoms with Crippen molar-refractivity contribution >= 4 is 38.9 Å². The van der Waals surface area contributed by atoms with Gasteiger partial charge in [0, 0.05) is 12.6 Å². The number of halogens is 1. The molecule has 0 amide bonds. The van der Waals surface area contributed by atoms with Crippen molar-refractivity contribution in [1.29, 1.82) is 0 Å². The third-order valence-electron chi connectivity index (χ3n) is 2.43. The largest absolute Gasteiger partial charge is 0.370 e. The fraction of sp³-hybridized carbons (Fsp3) is 0.500. The summed E-state index contributed by atoms with van der Waals surface area (Å²) >= 11 is 6.72. The van der Waals surface area contributed by atoms with Crippen molar-refractivity contribution in [2.45, 2.75) is 23.1 Å². The molecule has 0 bridgehead atoms. The first-order valence-corrected chi connectivity index (χ1v) is 8.46. The minimum atomic E-state index is -3.49. The number of nitrogens with one attached hydrogen (secondary N) is 2. The van der Waals surface area contributed by atoms with Gasteiger partial charge in [0.15, 0.2) is 5.96 Å². The lowest BCUT2D eigenvalue weighted by Gasteiger charge is -2.04. The van der Waals surface area contributed by atoms with E-state index >= 15 is 0 Å². The minimum Gasteiger partial charge on any atom is -0.370 e. The standard InChI is InChI=1S/C10H15ClN4O2S2/c11-8-3-4-9(18-8)19(16,17)14-6-5-13-10(12)15-7-1-2-7/h3-4,7,14H,1-2,5-6H2,(H3,12,13,15). The van der Waals surface area contributed by atoms with Gasteiger partial charge in [0.2, 0.25) is 10.0 Å². The van der Waals surface area contributed by atoms with Gasteiger partial charge in [-0.2, -0.15) is 0 Å². The van der Waals surface area contributed by atoms with Gasteiger partial charge >= 0.3 is 0 Å². The van der Waals surface area contributed by atoms with Crippen LogP contribution in [0.1, 0.15) is 12.8 Å². The summed E-state index contributed by atoms with van der Waals surface area (Å²) in [6.07, 6.45) is 2.23. The van der Waals surface area contributed by atoms with Crippen LogP contribution >= 0.6 is 22.9 Å². The number of hydrogen-bond acceptors (Lipinski definition) is 4. The number of hydrogen-bond donors (Lipinski definition) is 3. The first-order chi connectivity index (χ1) is 8.97. The Morgan fingerprint density at radius 1 is 1.53 bits per heavy atom. The minimum absolute atomic E-state index is 0.199. The number of sulfonamides is 1. The Morgan fingerprint density at radius 3 is 2.84 bits per heavy atom. The number of rotatable bonds is 6. The molecule has 1 heterocycles. The topological polar surface area (TPSA) is 96.6 Å². The Bertz CT molecular complexity index is 566. The molecule has 0 saturated heterocycles. The lowest BCUT2D eigenvalue weighted by molar-refractivity contribution is 0.584. The van der Waals surface area contributed by atoms with Crippen molar-refractivity contribution in [2.24, 2.45) is 10.7 Å². The molecule has 0 radical (unpaired) electrons. The molecule has 0 aliphatic heterocycles.